The fourth-order valence-electron chi connectivity index (χ4n) is 1.85. The molecule has 1 aliphatic rings. The van der Waals surface area contributed by atoms with Crippen molar-refractivity contribution in [2.75, 3.05) is 18.0 Å². The van der Waals surface area contributed by atoms with E-state index in [0.29, 0.717) is 0 Å². The predicted molar refractivity (Wildman–Crippen MR) is 56.3 cm³/mol. The van der Waals surface area contributed by atoms with Crippen molar-refractivity contribution in [2.45, 2.75) is 26.4 Å². The Morgan fingerprint density at radius 2 is 2.14 bits per heavy atom. The summed E-state index contributed by atoms with van der Waals surface area (Å²) in [6.45, 7) is 4.34. The highest BCUT2D eigenvalue weighted by molar-refractivity contribution is 5.43. The molecule has 0 aromatic carbocycles. The number of pyridine rings is 1. The highest BCUT2D eigenvalue weighted by Crippen LogP contribution is 2.20. The Hall–Kier alpha value is -1.09. The molecule has 76 valence electrons. The zero-order valence-corrected chi connectivity index (χ0v) is 8.53. The minimum Gasteiger partial charge on any atom is -0.392 e. The molecule has 1 aromatic rings. The summed E-state index contributed by atoms with van der Waals surface area (Å²) in [6, 6.07) is 2.07. The number of nitrogens with zero attached hydrogens (tertiary/aromatic N) is 2. The maximum atomic E-state index is 9.02. The average molecular weight is 192 g/mol. The maximum absolute atomic E-state index is 9.02. The van der Waals surface area contributed by atoms with Crippen molar-refractivity contribution in [3.8, 4) is 0 Å². The first-order chi connectivity index (χ1) is 6.81. The van der Waals surface area contributed by atoms with Gasteiger partial charge >= 0.3 is 0 Å². The van der Waals surface area contributed by atoms with Gasteiger partial charge in [0.25, 0.3) is 0 Å². The molecule has 1 fully saturated rings. The van der Waals surface area contributed by atoms with Crippen molar-refractivity contribution in [3.05, 3.63) is 23.4 Å². The molecule has 0 atom stereocenters. The van der Waals surface area contributed by atoms with Crippen molar-refractivity contribution in [1.82, 2.24) is 4.98 Å². The lowest BCUT2D eigenvalue weighted by molar-refractivity contribution is 0.280. The van der Waals surface area contributed by atoms with Crippen LogP contribution in [0, 0.1) is 6.92 Å². The summed E-state index contributed by atoms with van der Waals surface area (Å²) in [5.74, 6) is 1.05. The van der Waals surface area contributed by atoms with E-state index < -0.39 is 0 Å². The number of aliphatic hydroxyl groups is 1. The van der Waals surface area contributed by atoms with Gasteiger partial charge in [0.1, 0.15) is 5.82 Å². The van der Waals surface area contributed by atoms with Crippen molar-refractivity contribution in [3.63, 3.8) is 0 Å². The van der Waals surface area contributed by atoms with Crippen LogP contribution in [0.1, 0.15) is 24.0 Å². The van der Waals surface area contributed by atoms with Gasteiger partial charge in [0.2, 0.25) is 0 Å². The van der Waals surface area contributed by atoms with Crippen LogP contribution in [-0.4, -0.2) is 23.2 Å². The predicted octanol–water partition coefficient (Wildman–Crippen LogP) is 1.48. The average Bonchev–Trinajstić information content (AvgIpc) is 2.70. The number of anilines is 1. The quantitative estimate of drug-likeness (QED) is 0.771. The number of aryl methyl sites for hydroxylation is 1. The molecule has 0 bridgehead atoms. The van der Waals surface area contributed by atoms with Crippen LogP contribution in [0.25, 0.3) is 0 Å². The lowest BCUT2D eigenvalue weighted by atomic mass is 10.1. The van der Waals surface area contributed by atoms with Crippen molar-refractivity contribution in [1.29, 1.82) is 0 Å². The van der Waals surface area contributed by atoms with E-state index in [1.165, 1.54) is 12.8 Å². The summed E-state index contributed by atoms with van der Waals surface area (Å²) in [5, 5.41) is 9.02. The number of aromatic nitrogens is 1. The van der Waals surface area contributed by atoms with Gasteiger partial charge in [-0.2, -0.15) is 0 Å². The van der Waals surface area contributed by atoms with E-state index in [4.69, 9.17) is 5.11 Å². The summed E-state index contributed by atoms with van der Waals surface area (Å²) in [4.78, 5) is 6.66. The Morgan fingerprint density at radius 1 is 1.43 bits per heavy atom. The fourth-order valence-corrected chi connectivity index (χ4v) is 1.85. The van der Waals surface area contributed by atoms with Gasteiger partial charge < -0.3 is 10.0 Å². The first kappa shape index (κ1) is 9.46. The minimum absolute atomic E-state index is 0.0825. The van der Waals surface area contributed by atoms with E-state index in [2.05, 4.69) is 16.0 Å². The molecule has 2 heterocycles. The monoisotopic (exact) mass is 192 g/mol. The third kappa shape index (κ3) is 1.73. The van der Waals surface area contributed by atoms with Crippen LogP contribution in [0.15, 0.2) is 12.3 Å². The van der Waals surface area contributed by atoms with Gasteiger partial charge in [-0.05, 0) is 37.0 Å². The third-order valence-corrected chi connectivity index (χ3v) is 2.81. The van der Waals surface area contributed by atoms with Crippen LogP contribution in [0.5, 0.6) is 0 Å². The molecular formula is C11H16N2O. The summed E-state index contributed by atoms with van der Waals surface area (Å²) in [6.07, 6.45) is 4.31. The van der Waals surface area contributed by atoms with E-state index >= 15 is 0 Å². The van der Waals surface area contributed by atoms with Gasteiger partial charge in [-0.3, -0.25) is 0 Å². The molecule has 1 aromatic heterocycles. The van der Waals surface area contributed by atoms with Gasteiger partial charge in [-0.25, -0.2) is 4.98 Å². The molecule has 2 rings (SSSR count). The molecule has 0 radical (unpaired) electrons. The maximum Gasteiger partial charge on any atom is 0.128 e. The van der Waals surface area contributed by atoms with Crippen LogP contribution in [0.2, 0.25) is 0 Å². The van der Waals surface area contributed by atoms with Gasteiger partial charge in [-0.1, -0.05) is 0 Å². The van der Waals surface area contributed by atoms with E-state index in [1.54, 1.807) is 6.20 Å². The standard InChI is InChI=1S/C11H16N2O/c1-9-6-11(12-7-10(9)8-14)13-4-2-3-5-13/h6-7,14H,2-5,8H2,1H3. The highest BCUT2D eigenvalue weighted by atomic mass is 16.3. The van der Waals surface area contributed by atoms with Crippen LogP contribution in [0.4, 0.5) is 5.82 Å². The Morgan fingerprint density at radius 3 is 2.71 bits per heavy atom. The molecule has 3 nitrogen and oxygen atoms in total. The van der Waals surface area contributed by atoms with E-state index in [1.807, 2.05) is 6.92 Å². The van der Waals surface area contributed by atoms with E-state index in [-0.39, 0.29) is 6.61 Å². The Labute approximate surface area is 84.4 Å². The van der Waals surface area contributed by atoms with Crippen molar-refractivity contribution < 1.29 is 5.11 Å². The third-order valence-electron chi connectivity index (χ3n) is 2.81. The molecule has 0 unspecified atom stereocenters. The molecule has 1 N–H and O–H groups in total. The zero-order chi connectivity index (χ0) is 9.97. The topological polar surface area (TPSA) is 36.4 Å². The molecule has 1 aliphatic heterocycles. The number of hydrogen-bond acceptors (Lipinski definition) is 3. The second kappa shape index (κ2) is 3.96. The number of aliphatic hydroxyl groups excluding tert-OH is 1. The fraction of sp³-hybridized carbons (Fsp3) is 0.545. The Bertz CT molecular complexity index is 319. The minimum atomic E-state index is 0.0825. The van der Waals surface area contributed by atoms with Crippen LogP contribution in [0.3, 0.4) is 0 Å². The molecule has 0 saturated carbocycles. The number of hydrogen-bond donors (Lipinski definition) is 1. The normalized spacial score (nSPS) is 16.3. The highest BCUT2D eigenvalue weighted by Gasteiger charge is 2.13. The smallest absolute Gasteiger partial charge is 0.128 e. The Kier molecular flexibility index (Phi) is 2.68. The van der Waals surface area contributed by atoms with Crippen LogP contribution < -0.4 is 4.90 Å². The molecule has 0 spiro atoms. The first-order valence-electron chi connectivity index (χ1n) is 5.12. The molecule has 1 saturated heterocycles. The van der Waals surface area contributed by atoms with Gasteiger partial charge in [-0.15, -0.1) is 0 Å². The summed E-state index contributed by atoms with van der Waals surface area (Å²) in [5.41, 5.74) is 2.05. The summed E-state index contributed by atoms with van der Waals surface area (Å²) >= 11 is 0. The van der Waals surface area contributed by atoms with Crippen LogP contribution >= 0.6 is 0 Å². The lowest BCUT2D eigenvalue weighted by Gasteiger charge is -2.17. The molecule has 14 heavy (non-hydrogen) atoms. The Balaban J connectivity index is 2.23. The zero-order valence-electron chi connectivity index (χ0n) is 8.53. The molecule has 0 aliphatic carbocycles. The van der Waals surface area contributed by atoms with Crippen LogP contribution in [-0.2, 0) is 6.61 Å². The molecule has 0 amide bonds. The second-order valence-corrected chi connectivity index (χ2v) is 3.82. The summed E-state index contributed by atoms with van der Waals surface area (Å²) in [7, 11) is 0. The van der Waals surface area contributed by atoms with Gasteiger partial charge in [0, 0.05) is 19.3 Å². The van der Waals surface area contributed by atoms with Gasteiger partial charge in [0.05, 0.1) is 6.61 Å². The van der Waals surface area contributed by atoms with Gasteiger partial charge in [0.15, 0.2) is 0 Å². The SMILES string of the molecule is Cc1cc(N2CCCC2)ncc1CO. The second-order valence-electron chi connectivity index (χ2n) is 3.82. The van der Waals surface area contributed by atoms with E-state index in [0.717, 1.165) is 30.0 Å². The molecular weight excluding hydrogens is 176 g/mol. The summed E-state index contributed by atoms with van der Waals surface area (Å²) < 4.78 is 0. The van der Waals surface area contributed by atoms with Crippen molar-refractivity contribution >= 4 is 5.82 Å². The largest absolute Gasteiger partial charge is 0.392 e. The number of rotatable bonds is 2. The van der Waals surface area contributed by atoms with Crippen molar-refractivity contribution in [2.24, 2.45) is 0 Å². The molecule has 3 heteroatoms. The first-order valence-corrected chi connectivity index (χ1v) is 5.12. The van der Waals surface area contributed by atoms with E-state index in [9.17, 15) is 0 Å². The lowest BCUT2D eigenvalue weighted by Crippen LogP contribution is -2.19.